The molecule has 2 saturated carbocycles. The summed E-state index contributed by atoms with van der Waals surface area (Å²) in [7, 11) is 0. The van der Waals surface area contributed by atoms with Gasteiger partial charge >= 0.3 is 0 Å². The Hall–Kier alpha value is -1.31. The van der Waals surface area contributed by atoms with Gasteiger partial charge < -0.3 is 5.32 Å². The van der Waals surface area contributed by atoms with Crippen LogP contribution in [0.3, 0.4) is 0 Å². The van der Waals surface area contributed by atoms with Crippen molar-refractivity contribution in [3.63, 3.8) is 0 Å². The SMILES string of the molecule is c1cc(NC2=NCCC2)c(C2CC2)cc1C1CC1. The van der Waals surface area contributed by atoms with Gasteiger partial charge in [-0.15, -0.1) is 0 Å². The summed E-state index contributed by atoms with van der Waals surface area (Å²) in [6, 6.07) is 7.08. The van der Waals surface area contributed by atoms with Crippen LogP contribution >= 0.6 is 0 Å². The third kappa shape index (κ3) is 2.05. The minimum Gasteiger partial charge on any atom is -0.344 e. The van der Waals surface area contributed by atoms with Gasteiger partial charge in [-0.3, -0.25) is 4.99 Å². The van der Waals surface area contributed by atoms with E-state index >= 15 is 0 Å². The van der Waals surface area contributed by atoms with Gasteiger partial charge in [0, 0.05) is 18.7 Å². The predicted octanol–water partition coefficient (Wildman–Crippen LogP) is 4.05. The maximum absolute atomic E-state index is 4.53. The lowest BCUT2D eigenvalue weighted by atomic mass is 10.0. The zero-order valence-electron chi connectivity index (χ0n) is 10.8. The molecule has 0 atom stereocenters. The molecule has 2 nitrogen and oxygen atoms in total. The Bertz CT molecular complexity index is 496. The van der Waals surface area contributed by atoms with E-state index in [2.05, 4.69) is 28.5 Å². The average Bonchev–Trinajstić information content (AvgIpc) is 3.30. The summed E-state index contributed by atoms with van der Waals surface area (Å²) < 4.78 is 0. The molecule has 3 aliphatic rings. The summed E-state index contributed by atoms with van der Waals surface area (Å²) in [5.41, 5.74) is 4.44. The van der Waals surface area contributed by atoms with Crippen LogP contribution in [0.5, 0.6) is 0 Å². The Morgan fingerprint density at radius 1 is 1.06 bits per heavy atom. The Morgan fingerprint density at radius 2 is 1.89 bits per heavy atom. The summed E-state index contributed by atoms with van der Waals surface area (Å²) in [6.45, 7) is 1.00. The van der Waals surface area contributed by atoms with Gasteiger partial charge in [-0.1, -0.05) is 12.1 Å². The minimum atomic E-state index is 0.813. The van der Waals surface area contributed by atoms with E-state index in [4.69, 9.17) is 0 Å². The molecule has 0 amide bonds. The highest BCUT2D eigenvalue weighted by atomic mass is 15.0. The Labute approximate surface area is 109 Å². The third-order valence-electron chi connectivity index (χ3n) is 4.29. The summed E-state index contributed by atoms with van der Waals surface area (Å²) in [5.74, 6) is 2.87. The van der Waals surface area contributed by atoms with E-state index in [1.165, 1.54) is 43.6 Å². The lowest BCUT2D eigenvalue weighted by Crippen LogP contribution is -2.10. The van der Waals surface area contributed by atoms with Crippen molar-refractivity contribution in [2.24, 2.45) is 4.99 Å². The molecule has 2 aliphatic carbocycles. The fraction of sp³-hybridized carbons (Fsp3) is 0.562. The van der Waals surface area contributed by atoms with Gasteiger partial charge in [0.25, 0.3) is 0 Å². The molecule has 18 heavy (non-hydrogen) atoms. The zero-order chi connectivity index (χ0) is 11.9. The predicted molar refractivity (Wildman–Crippen MR) is 75.6 cm³/mol. The standard InChI is InChI=1S/C16H20N2/c1-2-16(17-9-1)18-15-8-7-13(11-3-4-11)10-14(15)12-5-6-12/h7-8,10-12H,1-6,9H2,(H,17,18). The highest BCUT2D eigenvalue weighted by Crippen LogP contribution is 2.47. The molecule has 4 rings (SSSR count). The van der Waals surface area contributed by atoms with E-state index in [9.17, 15) is 0 Å². The average molecular weight is 240 g/mol. The maximum atomic E-state index is 4.53. The second kappa shape index (κ2) is 4.11. The van der Waals surface area contributed by atoms with E-state index in [0.717, 1.165) is 24.8 Å². The number of benzene rings is 1. The van der Waals surface area contributed by atoms with Crippen LogP contribution in [0.15, 0.2) is 23.2 Å². The van der Waals surface area contributed by atoms with Crippen LogP contribution in [0.25, 0.3) is 0 Å². The summed E-state index contributed by atoms with van der Waals surface area (Å²) >= 11 is 0. The molecule has 0 aromatic heterocycles. The third-order valence-corrected chi connectivity index (χ3v) is 4.29. The molecule has 1 aromatic rings. The topological polar surface area (TPSA) is 24.4 Å². The number of amidine groups is 1. The molecule has 0 radical (unpaired) electrons. The van der Waals surface area contributed by atoms with Gasteiger partial charge in [0.15, 0.2) is 0 Å². The number of rotatable bonds is 3. The largest absolute Gasteiger partial charge is 0.344 e. The lowest BCUT2D eigenvalue weighted by Gasteiger charge is -2.13. The van der Waals surface area contributed by atoms with Gasteiger partial charge in [0.05, 0.1) is 0 Å². The Kier molecular flexibility index (Phi) is 2.42. The Balaban J connectivity index is 1.63. The highest BCUT2D eigenvalue weighted by molar-refractivity contribution is 5.97. The first kappa shape index (κ1) is 10.6. The van der Waals surface area contributed by atoms with E-state index < -0.39 is 0 Å². The number of hydrogen-bond acceptors (Lipinski definition) is 2. The summed E-state index contributed by atoms with van der Waals surface area (Å²) in [4.78, 5) is 4.53. The highest BCUT2D eigenvalue weighted by Gasteiger charge is 2.29. The van der Waals surface area contributed by atoms with Crippen LogP contribution in [-0.2, 0) is 0 Å². The van der Waals surface area contributed by atoms with Crippen LogP contribution in [0, 0.1) is 0 Å². The lowest BCUT2D eigenvalue weighted by molar-refractivity contribution is 0.951. The van der Waals surface area contributed by atoms with E-state index in [-0.39, 0.29) is 0 Å². The van der Waals surface area contributed by atoms with Crippen molar-refractivity contribution in [3.05, 3.63) is 29.3 Å². The summed E-state index contributed by atoms with van der Waals surface area (Å²) in [6.07, 6.45) is 7.85. The first-order chi connectivity index (χ1) is 8.90. The number of hydrogen-bond donors (Lipinski definition) is 1. The number of nitrogens with one attached hydrogen (secondary N) is 1. The zero-order valence-corrected chi connectivity index (χ0v) is 10.8. The van der Waals surface area contributed by atoms with E-state index in [1.807, 2.05) is 0 Å². The van der Waals surface area contributed by atoms with Crippen molar-refractivity contribution in [3.8, 4) is 0 Å². The maximum Gasteiger partial charge on any atom is 0.101 e. The minimum absolute atomic E-state index is 0.813. The molecule has 2 fully saturated rings. The van der Waals surface area contributed by atoms with Crippen molar-refractivity contribution < 1.29 is 0 Å². The molecule has 2 heteroatoms. The van der Waals surface area contributed by atoms with Crippen LogP contribution in [-0.4, -0.2) is 12.4 Å². The molecular weight excluding hydrogens is 220 g/mol. The number of nitrogens with zero attached hydrogens (tertiary/aromatic N) is 1. The van der Waals surface area contributed by atoms with Gasteiger partial charge in [0.1, 0.15) is 5.84 Å². The van der Waals surface area contributed by atoms with Crippen LogP contribution in [0.4, 0.5) is 5.69 Å². The molecule has 1 N–H and O–H groups in total. The molecule has 0 bridgehead atoms. The molecule has 0 unspecified atom stereocenters. The second-order valence-corrected chi connectivity index (χ2v) is 5.95. The second-order valence-electron chi connectivity index (χ2n) is 5.95. The van der Waals surface area contributed by atoms with Gasteiger partial charge in [-0.05, 0) is 61.1 Å². The number of anilines is 1. The number of aliphatic imine (C=N–C) groups is 1. The normalized spacial score (nSPS) is 23.0. The van der Waals surface area contributed by atoms with Crippen LogP contribution < -0.4 is 5.32 Å². The van der Waals surface area contributed by atoms with Crippen molar-refractivity contribution in [1.29, 1.82) is 0 Å². The van der Waals surface area contributed by atoms with Gasteiger partial charge in [-0.2, -0.15) is 0 Å². The van der Waals surface area contributed by atoms with Crippen LogP contribution in [0.1, 0.15) is 61.5 Å². The fourth-order valence-electron chi connectivity index (χ4n) is 2.89. The first-order valence-electron chi connectivity index (χ1n) is 7.34. The van der Waals surface area contributed by atoms with Gasteiger partial charge in [0.2, 0.25) is 0 Å². The van der Waals surface area contributed by atoms with Crippen molar-refractivity contribution in [2.45, 2.75) is 50.4 Å². The van der Waals surface area contributed by atoms with Crippen LogP contribution in [0.2, 0.25) is 0 Å². The fourth-order valence-corrected chi connectivity index (χ4v) is 2.89. The summed E-state index contributed by atoms with van der Waals surface area (Å²) in [5, 5.41) is 3.57. The molecule has 1 heterocycles. The first-order valence-corrected chi connectivity index (χ1v) is 7.34. The van der Waals surface area contributed by atoms with E-state index in [0.29, 0.717) is 0 Å². The molecule has 0 saturated heterocycles. The van der Waals surface area contributed by atoms with Crippen molar-refractivity contribution >= 4 is 11.5 Å². The quantitative estimate of drug-likeness (QED) is 0.847. The molecule has 0 spiro atoms. The van der Waals surface area contributed by atoms with Gasteiger partial charge in [-0.25, -0.2) is 0 Å². The molecular formula is C16H20N2. The monoisotopic (exact) mass is 240 g/mol. The molecule has 94 valence electrons. The molecule has 1 aromatic carbocycles. The van der Waals surface area contributed by atoms with Crippen molar-refractivity contribution in [2.75, 3.05) is 11.9 Å². The van der Waals surface area contributed by atoms with E-state index in [1.54, 1.807) is 11.1 Å². The van der Waals surface area contributed by atoms with Crippen molar-refractivity contribution in [1.82, 2.24) is 0 Å². The Morgan fingerprint density at radius 3 is 2.56 bits per heavy atom. The molecule has 1 aliphatic heterocycles. The smallest absolute Gasteiger partial charge is 0.101 e.